The molecule has 5 rings (SSSR count). The second kappa shape index (κ2) is 8.78. The Balaban J connectivity index is 1.42. The number of rotatable bonds is 5. The molecule has 170 valence electrons. The number of nitrogens with zero attached hydrogens (tertiary/aromatic N) is 5. The van der Waals surface area contributed by atoms with Crippen LogP contribution in [0.1, 0.15) is 25.5 Å². The van der Waals surface area contributed by atoms with Crippen LogP contribution < -0.4 is 15.5 Å². The smallest absolute Gasteiger partial charge is 0.149 e. The first-order valence-electron chi connectivity index (χ1n) is 11.3. The summed E-state index contributed by atoms with van der Waals surface area (Å²) in [5, 5.41) is 12.2. The Hall–Kier alpha value is -3.52. The monoisotopic (exact) mass is 445 g/mol. The zero-order chi connectivity index (χ0) is 22.9. The molecule has 4 heterocycles. The largest absolute Gasteiger partial charge is 0.354 e. The van der Waals surface area contributed by atoms with E-state index >= 15 is 0 Å². The van der Waals surface area contributed by atoms with Crippen molar-refractivity contribution in [3.8, 4) is 11.1 Å². The summed E-state index contributed by atoms with van der Waals surface area (Å²) in [6.45, 7) is 8.10. The number of nitrogens with one attached hydrogen (secondary N) is 2. The summed E-state index contributed by atoms with van der Waals surface area (Å²) in [6.07, 6.45) is 3.05. The third-order valence-corrected chi connectivity index (χ3v) is 6.05. The molecule has 0 saturated carbocycles. The highest BCUT2D eigenvalue weighted by Gasteiger charge is 2.16. The SMILES string of the molecule is CC(C)c1c2cc(-c3cc(Nc4ccc(N5CCNCC5)nc4)ncc3F)ccc2nn1C. The van der Waals surface area contributed by atoms with Gasteiger partial charge in [-0.3, -0.25) is 4.68 Å². The van der Waals surface area contributed by atoms with Gasteiger partial charge >= 0.3 is 0 Å². The van der Waals surface area contributed by atoms with Crippen LogP contribution in [0.4, 0.5) is 21.7 Å². The average molecular weight is 446 g/mol. The first kappa shape index (κ1) is 21.3. The number of hydrogen-bond donors (Lipinski definition) is 2. The standard InChI is InChI=1S/C25H28FN7/c1-16(2)25-20-12-17(4-6-22(20)31-32(25)3)19-13-23(28-15-21(19)26)30-18-5-7-24(29-14-18)33-10-8-27-9-11-33/h4-7,12-16,27H,8-11H2,1-3H3,(H,28,30). The number of pyridine rings is 2. The van der Waals surface area contributed by atoms with Crippen LogP contribution in [-0.2, 0) is 7.05 Å². The second-order valence-electron chi connectivity index (χ2n) is 8.71. The van der Waals surface area contributed by atoms with Crippen molar-refractivity contribution in [3.63, 3.8) is 0 Å². The third-order valence-electron chi connectivity index (χ3n) is 6.05. The van der Waals surface area contributed by atoms with E-state index in [4.69, 9.17) is 0 Å². The molecule has 0 amide bonds. The molecular formula is C25H28FN7. The molecule has 0 atom stereocenters. The van der Waals surface area contributed by atoms with Crippen LogP contribution in [0.5, 0.6) is 0 Å². The first-order valence-corrected chi connectivity index (χ1v) is 11.3. The van der Waals surface area contributed by atoms with Crippen LogP contribution in [0.3, 0.4) is 0 Å². The minimum absolute atomic E-state index is 0.312. The maximum atomic E-state index is 14.8. The summed E-state index contributed by atoms with van der Waals surface area (Å²) in [5.74, 6) is 1.48. The van der Waals surface area contributed by atoms with Gasteiger partial charge in [0.25, 0.3) is 0 Å². The van der Waals surface area contributed by atoms with Gasteiger partial charge in [0.1, 0.15) is 17.5 Å². The predicted octanol–water partition coefficient (Wildman–Crippen LogP) is 4.45. The van der Waals surface area contributed by atoms with Crippen LogP contribution in [0.2, 0.25) is 0 Å². The van der Waals surface area contributed by atoms with Crippen molar-refractivity contribution in [2.75, 3.05) is 36.4 Å². The normalized spacial score (nSPS) is 14.3. The van der Waals surface area contributed by atoms with Gasteiger partial charge in [-0.25, -0.2) is 14.4 Å². The van der Waals surface area contributed by atoms with Crippen molar-refractivity contribution in [2.24, 2.45) is 7.05 Å². The van der Waals surface area contributed by atoms with Crippen molar-refractivity contribution >= 4 is 28.2 Å². The fourth-order valence-corrected chi connectivity index (χ4v) is 4.49. The molecule has 1 saturated heterocycles. The van der Waals surface area contributed by atoms with Gasteiger partial charge in [-0.2, -0.15) is 5.10 Å². The van der Waals surface area contributed by atoms with Crippen molar-refractivity contribution < 1.29 is 4.39 Å². The molecule has 1 aromatic carbocycles. The number of aromatic nitrogens is 4. The van der Waals surface area contributed by atoms with Gasteiger partial charge in [-0.05, 0) is 41.8 Å². The summed E-state index contributed by atoms with van der Waals surface area (Å²) < 4.78 is 16.7. The Kier molecular flexibility index (Phi) is 5.68. The molecule has 33 heavy (non-hydrogen) atoms. The summed E-state index contributed by atoms with van der Waals surface area (Å²) in [6, 6.07) is 11.6. The zero-order valence-electron chi connectivity index (χ0n) is 19.1. The number of hydrogen-bond acceptors (Lipinski definition) is 6. The molecule has 8 heteroatoms. The lowest BCUT2D eigenvalue weighted by Crippen LogP contribution is -2.43. The Labute approximate surface area is 192 Å². The van der Waals surface area contributed by atoms with Gasteiger partial charge < -0.3 is 15.5 Å². The Bertz CT molecular complexity index is 1270. The van der Waals surface area contributed by atoms with Crippen LogP contribution in [0.15, 0.2) is 48.8 Å². The highest BCUT2D eigenvalue weighted by atomic mass is 19.1. The number of piperazine rings is 1. The van der Waals surface area contributed by atoms with Crippen LogP contribution in [0, 0.1) is 5.82 Å². The number of anilines is 3. The van der Waals surface area contributed by atoms with E-state index in [-0.39, 0.29) is 5.82 Å². The molecule has 3 aromatic heterocycles. The van der Waals surface area contributed by atoms with E-state index in [1.165, 1.54) is 6.20 Å². The molecule has 1 aliphatic rings. The van der Waals surface area contributed by atoms with E-state index in [0.29, 0.717) is 17.3 Å². The molecule has 0 radical (unpaired) electrons. The van der Waals surface area contributed by atoms with E-state index in [1.54, 1.807) is 12.3 Å². The molecule has 0 unspecified atom stereocenters. The highest BCUT2D eigenvalue weighted by molar-refractivity contribution is 5.87. The van der Waals surface area contributed by atoms with Gasteiger partial charge in [0, 0.05) is 49.9 Å². The van der Waals surface area contributed by atoms with Crippen LogP contribution in [0.25, 0.3) is 22.0 Å². The number of halogens is 1. The van der Waals surface area contributed by atoms with Gasteiger partial charge in [0.05, 0.1) is 23.6 Å². The lowest BCUT2D eigenvalue weighted by molar-refractivity contribution is 0.585. The summed E-state index contributed by atoms with van der Waals surface area (Å²) in [5.41, 5.74) is 4.15. The molecule has 0 spiro atoms. The zero-order valence-corrected chi connectivity index (χ0v) is 19.1. The maximum absolute atomic E-state index is 14.8. The lowest BCUT2D eigenvalue weighted by Gasteiger charge is -2.28. The molecule has 7 nitrogen and oxygen atoms in total. The van der Waals surface area contributed by atoms with Crippen molar-refractivity contribution in [1.29, 1.82) is 0 Å². The fourth-order valence-electron chi connectivity index (χ4n) is 4.49. The fraction of sp³-hybridized carbons (Fsp3) is 0.320. The van der Waals surface area contributed by atoms with Gasteiger partial charge in [-0.15, -0.1) is 0 Å². The molecular weight excluding hydrogens is 417 g/mol. The van der Waals surface area contributed by atoms with Gasteiger partial charge in [-0.1, -0.05) is 19.9 Å². The van der Waals surface area contributed by atoms with E-state index in [9.17, 15) is 4.39 Å². The first-order chi connectivity index (χ1) is 16.0. The second-order valence-corrected chi connectivity index (χ2v) is 8.71. The van der Waals surface area contributed by atoms with Crippen LogP contribution in [-0.4, -0.2) is 45.9 Å². The van der Waals surface area contributed by atoms with Crippen molar-refractivity contribution in [3.05, 3.63) is 60.3 Å². The Morgan fingerprint density at radius 1 is 1.03 bits per heavy atom. The van der Waals surface area contributed by atoms with Gasteiger partial charge in [0.2, 0.25) is 0 Å². The molecule has 4 aromatic rings. The Morgan fingerprint density at radius 3 is 2.58 bits per heavy atom. The summed E-state index contributed by atoms with van der Waals surface area (Å²) in [4.78, 5) is 11.1. The number of fused-ring (bicyclic) bond motifs is 1. The molecule has 1 fully saturated rings. The van der Waals surface area contributed by atoms with E-state index in [1.807, 2.05) is 42.1 Å². The maximum Gasteiger partial charge on any atom is 0.149 e. The predicted molar refractivity (Wildman–Crippen MR) is 131 cm³/mol. The van der Waals surface area contributed by atoms with Crippen molar-refractivity contribution in [1.82, 2.24) is 25.1 Å². The molecule has 1 aliphatic heterocycles. The third kappa shape index (κ3) is 4.26. The number of aryl methyl sites for hydroxylation is 1. The van der Waals surface area contributed by atoms with Crippen molar-refractivity contribution in [2.45, 2.75) is 19.8 Å². The Morgan fingerprint density at radius 2 is 1.85 bits per heavy atom. The summed E-state index contributed by atoms with van der Waals surface area (Å²) >= 11 is 0. The molecule has 0 aliphatic carbocycles. The van der Waals surface area contributed by atoms with Crippen LogP contribution >= 0.6 is 0 Å². The van der Waals surface area contributed by atoms with Gasteiger partial charge in [0.15, 0.2) is 0 Å². The quantitative estimate of drug-likeness (QED) is 0.473. The highest BCUT2D eigenvalue weighted by Crippen LogP contribution is 2.32. The van der Waals surface area contributed by atoms with E-state index < -0.39 is 0 Å². The lowest BCUT2D eigenvalue weighted by atomic mass is 10.0. The van der Waals surface area contributed by atoms with E-state index in [2.05, 4.69) is 44.4 Å². The summed E-state index contributed by atoms with van der Waals surface area (Å²) in [7, 11) is 1.95. The minimum atomic E-state index is -0.359. The topological polar surface area (TPSA) is 70.9 Å². The average Bonchev–Trinajstić information content (AvgIpc) is 3.16. The number of benzene rings is 1. The van der Waals surface area contributed by atoms with E-state index in [0.717, 1.165) is 59.8 Å². The molecule has 0 bridgehead atoms. The minimum Gasteiger partial charge on any atom is -0.354 e. The molecule has 2 N–H and O–H groups in total.